The zero-order valence-corrected chi connectivity index (χ0v) is 11.6. The fourth-order valence-corrected chi connectivity index (χ4v) is 2.99. The Morgan fingerprint density at radius 3 is 2.69 bits per heavy atom. The van der Waals surface area contributed by atoms with Gasteiger partial charge in [0.1, 0.15) is 0 Å². The van der Waals surface area contributed by atoms with Crippen molar-refractivity contribution < 1.29 is 0 Å². The smallest absolute Gasteiger partial charge is 0.156 e. The van der Waals surface area contributed by atoms with Gasteiger partial charge in [0, 0.05) is 18.3 Å². The van der Waals surface area contributed by atoms with Crippen molar-refractivity contribution in [3.63, 3.8) is 0 Å². The summed E-state index contributed by atoms with van der Waals surface area (Å²) >= 11 is 1.89. The van der Waals surface area contributed by atoms with Crippen molar-refractivity contribution in [3.8, 4) is 0 Å². The summed E-state index contributed by atoms with van der Waals surface area (Å²) in [5, 5.41) is 4.79. The first-order valence-corrected chi connectivity index (χ1v) is 7.48. The van der Waals surface area contributed by atoms with Crippen molar-refractivity contribution in [2.75, 3.05) is 12.3 Å². The van der Waals surface area contributed by atoms with E-state index in [-0.39, 0.29) is 0 Å². The highest BCUT2D eigenvalue weighted by atomic mass is 32.2. The summed E-state index contributed by atoms with van der Waals surface area (Å²) in [6.07, 6.45) is 5.44. The number of rotatable bonds is 3. The average Bonchev–Trinajstić information content (AvgIpc) is 3.01. The molecule has 0 bridgehead atoms. The molecule has 16 heavy (non-hydrogen) atoms. The van der Waals surface area contributed by atoms with Gasteiger partial charge >= 0.3 is 0 Å². The Bertz CT molecular complexity index is 264. The zero-order valence-electron chi connectivity index (χ0n) is 10.8. The molecule has 1 aliphatic carbocycles. The molecule has 3 heteroatoms. The number of thioether (sulfide) groups is 1. The van der Waals surface area contributed by atoms with Crippen molar-refractivity contribution in [3.05, 3.63) is 0 Å². The van der Waals surface area contributed by atoms with Crippen molar-refractivity contribution in [1.29, 1.82) is 0 Å². The molecule has 0 aromatic carbocycles. The molecular weight excluding hydrogens is 216 g/mol. The molecule has 0 radical (unpaired) electrons. The van der Waals surface area contributed by atoms with Crippen LogP contribution >= 0.6 is 11.8 Å². The van der Waals surface area contributed by atoms with Crippen LogP contribution in [0.1, 0.15) is 46.5 Å². The fraction of sp³-hybridized carbons (Fsp3) is 0.923. The molecule has 1 unspecified atom stereocenters. The zero-order chi connectivity index (χ0) is 11.6. The van der Waals surface area contributed by atoms with Gasteiger partial charge in [-0.2, -0.15) is 0 Å². The Balaban J connectivity index is 1.80. The van der Waals surface area contributed by atoms with E-state index in [1.807, 2.05) is 11.8 Å². The summed E-state index contributed by atoms with van der Waals surface area (Å²) in [7, 11) is 0. The van der Waals surface area contributed by atoms with Gasteiger partial charge in [0.2, 0.25) is 0 Å². The molecule has 1 heterocycles. The van der Waals surface area contributed by atoms with Crippen LogP contribution in [-0.2, 0) is 0 Å². The summed E-state index contributed by atoms with van der Waals surface area (Å²) in [4.78, 5) is 4.70. The van der Waals surface area contributed by atoms with E-state index in [0.717, 1.165) is 12.5 Å². The van der Waals surface area contributed by atoms with Gasteiger partial charge in [0.05, 0.1) is 0 Å². The molecule has 1 saturated carbocycles. The Morgan fingerprint density at radius 2 is 2.06 bits per heavy atom. The lowest BCUT2D eigenvalue weighted by Gasteiger charge is -2.35. The maximum atomic E-state index is 4.70. The van der Waals surface area contributed by atoms with Crippen LogP contribution in [0.2, 0.25) is 0 Å². The molecule has 0 amide bonds. The summed E-state index contributed by atoms with van der Waals surface area (Å²) in [6.45, 7) is 7.95. The second-order valence-corrected chi connectivity index (χ2v) is 7.20. The van der Waals surface area contributed by atoms with Gasteiger partial charge in [0.15, 0.2) is 5.17 Å². The van der Waals surface area contributed by atoms with Gasteiger partial charge in [-0.1, -0.05) is 45.4 Å². The number of nitrogens with one attached hydrogen (secondary N) is 1. The van der Waals surface area contributed by atoms with E-state index in [1.54, 1.807) is 0 Å². The average molecular weight is 240 g/mol. The number of hydrogen-bond donors (Lipinski definition) is 1. The molecule has 1 saturated heterocycles. The standard InChI is InChI=1S/C13H24N2S/c1-13(2,3)11-7-9-16-12(15-11)14-8-6-10-4-5-10/h10-11H,4-9H2,1-3H3,(H,14,15). The lowest BCUT2D eigenvalue weighted by atomic mass is 9.85. The second kappa shape index (κ2) is 4.99. The lowest BCUT2D eigenvalue weighted by molar-refractivity contribution is 0.290. The van der Waals surface area contributed by atoms with Crippen LogP contribution in [0.15, 0.2) is 4.99 Å². The van der Waals surface area contributed by atoms with Crippen LogP contribution in [0.25, 0.3) is 0 Å². The molecule has 1 N–H and O–H groups in total. The first kappa shape index (κ1) is 12.3. The van der Waals surface area contributed by atoms with Crippen molar-refractivity contribution in [2.45, 2.75) is 52.5 Å². The monoisotopic (exact) mass is 240 g/mol. The molecule has 92 valence electrons. The molecule has 0 aromatic rings. The third-order valence-electron chi connectivity index (χ3n) is 3.48. The molecular formula is C13H24N2S. The summed E-state index contributed by atoms with van der Waals surface area (Å²) in [6, 6.07) is 0.591. The van der Waals surface area contributed by atoms with Crippen molar-refractivity contribution >= 4 is 16.9 Å². The van der Waals surface area contributed by atoms with Crippen LogP contribution in [-0.4, -0.2) is 23.5 Å². The van der Waals surface area contributed by atoms with E-state index < -0.39 is 0 Å². The first-order chi connectivity index (χ1) is 7.55. The van der Waals surface area contributed by atoms with E-state index in [9.17, 15) is 0 Å². The van der Waals surface area contributed by atoms with E-state index in [4.69, 9.17) is 4.99 Å². The largest absolute Gasteiger partial charge is 0.362 e. The molecule has 0 spiro atoms. The van der Waals surface area contributed by atoms with Crippen LogP contribution in [0.3, 0.4) is 0 Å². The van der Waals surface area contributed by atoms with Crippen LogP contribution in [0.5, 0.6) is 0 Å². The van der Waals surface area contributed by atoms with E-state index in [1.165, 1.54) is 36.6 Å². The molecule has 2 fully saturated rings. The topological polar surface area (TPSA) is 24.4 Å². The van der Waals surface area contributed by atoms with Gasteiger partial charge < -0.3 is 5.32 Å². The molecule has 2 nitrogen and oxygen atoms in total. The highest BCUT2D eigenvalue weighted by molar-refractivity contribution is 8.13. The maximum Gasteiger partial charge on any atom is 0.156 e. The molecule has 1 atom stereocenters. The minimum atomic E-state index is 0.345. The maximum absolute atomic E-state index is 4.70. The van der Waals surface area contributed by atoms with E-state index in [0.29, 0.717) is 11.5 Å². The van der Waals surface area contributed by atoms with Crippen LogP contribution in [0.4, 0.5) is 0 Å². The van der Waals surface area contributed by atoms with E-state index >= 15 is 0 Å². The van der Waals surface area contributed by atoms with E-state index in [2.05, 4.69) is 26.1 Å². The summed E-state index contributed by atoms with van der Waals surface area (Å²) < 4.78 is 0. The van der Waals surface area contributed by atoms with Crippen molar-refractivity contribution in [1.82, 2.24) is 5.32 Å². The Morgan fingerprint density at radius 1 is 1.31 bits per heavy atom. The number of amidine groups is 1. The highest BCUT2D eigenvalue weighted by Crippen LogP contribution is 2.32. The van der Waals surface area contributed by atoms with Gasteiger partial charge in [-0.25, -0.2) is 0 Å². The quantitative estimate of drug-likeness (QED) is 0.818. The van der Waals surface area contributed by atoms with Crippen LogP contribution in [0, 0.1) is 11.3 Å². The molecule has 0 aromatic heterocycles. The minimum absolute atomic E-state index is 0.345. The Hall–Kier alpha value is -0.180. The Kier molecular flexibility index (Phi) is 3.83. The fourth-order valence-electron chi connectivity index (χ4n) is 2.03. The second-order valence-electron chi connectivity index (χ2n) is 6.12. The third-order valence-corrected chi connectivity index (χ3v) is 4.44. The predicted molar refractivity (Wildman–Crippen MR) is 73.1 cm³/mol. The lowest BCUT2D eigenvalue weighted by Crippen LogP contribution is -2.46. The highest BCUT2D eigenvalue weighted by Gasteiger charge is 2.28. The van der Waals surface area contributed by atoms with Gasteiger partial charge in [-0.15, -0.1) is 0 Å². The number of nitrogens with zero attached hydrogens (tertiary/aromatic N) is 1. The molecule has 2 aliphatic rings. The molecule has 2 rings (SSSR count). The normalized spacial score (nSPS) is 29.2. The SMILES string of the molecule is CC(C)(C)C1CCSC(=NCCC2CC2)N1. The third kappa shape index (κ3) is 3.69. The van der Waals surface area contributed by atoms with Crippen LogP contribution < -0.4 is 5.32 Å². The predicted octanol–water partition coefficient (Wildman–Crippen LogP) is 3.28. The van der Waals surface area contributed by atoms with Gasteiger partial charge in [-0.3, -0.25) is 4.99 Å². The molecule has 1 aliphatic heterocycles. The number of aliphatic imine (C=N–C) groups is 1. The van der Waals surface area contributed by atoms with Gasteiger partial charge in [-0.05, 0) is 24.2 Å². The van der Waals surface area contributed by atoms with Gasteiger partial charge in [0.25, 0.3) is 0 Å². The Labute approximate surface area is 104 Å². The summed E-state index contributed by atoms with van der Waals surface area (Å²) in [5.41, 5.74) is 0.345. The van der Waals surface area contributed by atoms with Crippen molar-refractivity contribution in [2.24, 2.45) is 16.3 Å². The minimum Gasteiger partial charge on any atom is -0.362 e. The summed E-state index contributed by atoms with van der Waals surface area (Å²) in [5.74, 6) is 2.22. The first-order valence-electron chi connectivity index (χ1n) is 6.49. The number of hydrogen-bond acceptors (Lipinski definition) is 2.